The van der Waals surface area contributed by atoms with E-state index in [9.17, 15) is 4.39 Å². The summed E-state index contributed by atoms with van der Waals surface area (Å²) in [6, 6.07) is 4.37. The lowest BCUT2D eigenvalue weighted by atomic mass is 10.2. The molecule has 0 saturated heterocycles. The fourth-order valence-electron chi connectivity index (χ4n) is 1.78. The van der Waals surface area contributed by atoms with Gasteiger partial charge in [0.2, 0.25) is 0 Å². The molecule has 1 atom stereocenters. The van der Waals surface area contributed by atoms with Gasteiger partial charge in [0.1, 0.15) is 11.5 Å². The zero-order valence-electron chi connectivity index (χ0n) is 10.4. The van der Waals surface area contributed by atoms with Gasteiger partial charge in [-0.15, -0.1) is 5.10 Å². The Balaban J connectivity index is 2.48. The van der Waals surface area contributed by atoms with E-state index in [1.165, 1.54) is 12.1 Å². The van der Waals surface area contributed by atoms with Crippen LogP contribution >= 0.6 is 11.6 Å². The average Bonchev–Trinajstić information content (AvgIpc) is 2.69. The largest absolute Gasteiger partial charge is 0.312 e. The van der Waals surface area contributed by atoms with Gasteiger partial charge < -0.3 is 5.32 Å². The van der Waals surface area contributed by atoms with E-state index in [1.54, 1.807) is 10.7 Å². The van der Waals surface area contributed by atoms with Crippen molar-refractivity contribution >= 4 is 11.6 Å². The molecule has 0 saturated carbocycles. The van der Waals surface area contributed by atoms with Gasteiger partial charge in [0.25, 0.3) is 0 Å². The number of rotatable bonds is 3. The zero-order valence-corrected chi connectivity index (χ0v) is 11.2. The first-order valence-corrected chi connectivity index (χ1v) is 5.96. The molecule has 6 heteroatoms. The fourth-order valence-corrected chi connectivity index (χ4v) is 2.00. The predicted molar refractivity (Wildman–Crippen MR) is 68.5 cm³/mol. The molecule has 0 amide bonds. The summed E-state index contributed by atoms with van der Waals surface area (Å²) in [5, 5.41) is 11.6. The summed E-state index contributed by atoms with van der Waals surface area (Å²) in [6.07, 6.45) is 0. The Bertz CT molecular complexity index is 547. The molecule has 1 unspecified atom stereocenters. The monoisotopic (exact) mass is 268 g/mol. The molecule has 0 spiro atoms. The fraction of sp³-hybridized carbons (Fsp3) is 0.333. The van der Waals surface area contributed by atoms with Crippen LogP contribution in [0.2, 0.25) is 5.02 Å². The van der Waals surface area contributed by atoms with Crippen molar-refractivity contribution in [2.24, 2.45) is 0 Å². The van der Waals surface area contributed by atoms with Crippen molar-refractivity contribution in [3.63, 3.8) is 0 Å². The summed E-state index contributed by atoms with van der Waals surface area (Å²) < 4.78 is 14.9. The molecule has 0 radical (unpaired) electrons. The lowest BCUT2D eigenvalue weighted by Gasteiger charge is -2.08. The Kier molecular flexibility index (Phi) is 3.63. The quantitative estimate of drug-likeness (QED) is 0.931. The second-order valence-corrected chi connectivity index (χ2v) is 4.55. The number of nitrogens with zero attached hydrogens (tertiary/aromatic N) is 3. The maximum absolute atomic E-state index is 13.3. The predicted octanol–water partition coefficient (Wildman–Crippen LogP) is 2.65. The highest BCUT2D eigenvalue weighted by molar-refractivity contribution is 6.30. The van der Waals surface area contributed by atoms with Gasteiger partial charge in [0.05, 0.1) is 17.4 Å². The van der Waals surface area contributed by atoms with Crippen molar-refractivity contribution in [2.45, 2.75) is 19.9 Å². The van der Waals surface area contributed by atoms with Crippen LogP contribution in [0.25, 0.3) is 5.69 Å². The first-order valence-electron chi connectivity index (χ1n) is 5.59. The molecule has 2 aromatic rings. The van der Waals surface area contributed by atoms with Gasteiger partial charge in [0.15, 0.2) is 0 Å². The van der Waals surface area contributed by atoms with Crippen LogP contribution in [0, 0.1) is 12.7 Å². The summed E-state index contributed by atoms with van der Waals surface area (Å²) in [5.74, 6) is -0.393. The van der Waals surface area contributed by atoms with E-state index in [-0.39, 0.29) is 6.04 Å². The Labute approximate surface area is 110 Å². The number of aromatic nitrogens is 3. The minimum absolute atomic E-state index is 0.0859. The van der Waals surface area contributed by atoms with Gasteiger partial charge in [-0.25, -0.2) is 9.07 Å². The van der Waals surface area contributed by atoms with E-state index in [0.29, 0.717) is 10.7 Å². The maximum Gasteiger partial charge on any atom is 0.126 e. The first kappa shape index (κ1) is 13.0. The zero-order chi connectivity index (χ0) is 13.3. The lowest BCUT2D eigenvalue weighted by Crippen LogP contribution is -2.14. The summed E-state index contributed by atoms with van der Waals surface area (Å²) in [7, 11) is 1.85. The molecule has 0 aliphatic rings. The summed E-state index contributed by atoms with van der Waals surface area (Å²) in [6.45, 7) is 3.88. The van der Waals surface area contributed by atoms with E-state index in [1.807, 2.05) is 20.9 Å². The van der Waals surface area contributed by atoms with Gasteiger partial charge in [-0.05, 0) is 39.1 Å². The van der Waals surface area contributed by atoms with Crippen LogP contribution in [-0.4, -0.2) is 22.0 Å². The van der Waals surface area contributed by atoms with Crippen molar-refractivity contribution in [1.29, 1.82) is 0 Å². The van der Waals surface area contributed by atoms with Gasteiger partial charge >= 0.3 is 0 Å². The molecule has 1 aromatic carbocycles. The van der Waals surface area contributed by atoms with Crippen LogP contribution in [0.3, 0.4) is 0 Å². The minimum Gasteiger partial charge on any atom is -0.312 e. The molecule has 1 N–H and O–H groups in total. The normalized spacial score (nSPS) is 12.7. The molecule has 1 aromatic heterocycles. The van der Waals surface area contributed by atoms with E-state index >= 15 is 0 Å². The first-order chi connectivity index (χ1) is 8.52. The van der Waals surface area contributed by atoms with Crippen LogP contribution in [0.4, 0.5) is 4.39 Å². The lowest BCUT2D eigenvalue weighted by molar-refractivity contribution is 0.624. The average molecular weight is 269 g/mol. The summed E-state index contributed by atoms with van der Waals surface area (Å²) >= 11 is 5.84. The number of benzene rings is 1. The molecule has 0 aliphatic carbocycles. The van der Waals surface area contributed by atoms with Crippen molar-refractivity contribution in [1.82, 2.24) is 20.3 Å². The SMILES string of the molecule is CNC(C)c1nnn(-c2cc(F)cc(Cl)c2)c1C. The molecular formula is C12H14ClFN4. The molecule has 96 valence electrons. The molecule has 0 bridgehead atoms. The van der Waals surface area contributed by atoms with Crippen LogP contribution in [-0.2, 0) is 0 Å². The highest BCUT2D eigenvalue weighted by Crippen LogP contribution is 2.21. The molecule has 0 aliphatic heterocycles. The smallest absolute Gasteiger partial charge is 0.126 e. The third-order valence-corrected chi connectivity index (χ3v) is 3.08. The van der Waals surface area contributed by atoms with Crippen LogP contribution in [0.15, 0.2) is 18.2 Å². The number of nitrogens with one attached hydrogen (secondary N) is 1. The molecular weight excluding hydrogens is 255 g/mol. The van der Waals surface area contributed by atoms with Crippen molar-refractivity contribution in [3.8, 4) is 5.69 Å². The van der Waals surface area contributed by atoms with Gasteiger partial charge in [-0.1, -0.05) is 16.8 Å². The van der Waals surface area contributed by atoms with Gasteiger partial charge in [0, 0.05) is 5.02 Å². The van der Waals surface area contributed by atoms with Crippen LogP contribution < -0.4 is 5.32 Å². The molecule has 0 fully saturated rings. The Morgan fingerprint density at radius 3 is 2.72 bits per heavy atom. The Morgan fingerprint density at radius 2 is 2.11 bits per heavy atom. The molecule has 1 heterocycles. The number of hydrogen-bond donors (Lipinski definition) is 1. The van der Waals surface area contributed by atoms with Crippen molar-refractivity contribution in [3.05, 3.63) is 40.4 Å². The third kappa shape index (κ3) is 2.37. The van der Waals surface area contributed by atoms with Crippen LogP contribution in [0.5, 0.6) is 0 Å². The van der Waals surface area contributed by atoms with E-state index in [0.717, 1.165) is 11.4 Å². The van der Waals surface area contributed by atoms with E-state index in [2.05, 4.69) is 15.6 Å². The highest BCUT2D eigenvalue weighted by Gasteiger charge is 2.15. The second kappa shape index (κ2) is 5.04. The van der Waals surface area contributed by atoms with Gasteiger partial charge in [-0.3, -0.25) is 0 Å². The van der Waals surface area contributed by atoms with Crippen molar-refractivity contribution < 1.29 is 4.39 Å². The number of hydrogen-bond acceptors (Lipinski definition) is 3. The topological polar surface area (TPSA) is 42.7 Å². The third-order valence-electron chi connectivity index (χ3n) is 2.87. The summed E-state index contributed by atoms with van der Waals surface area (Å²) in [5.41, 5.74) is 2.26. The molecule has 2 rings (SSSR count). The summed E-state index contributed by atoms with van der Waals surface area (Å²) in [4.78, 5) is 0. The Hall–Kier alpha value is -1.46. The highest BCUT2D eigenvalue weighted by atomic mass is 35.5. The van der Waals surface area contributed by atoms with Crippen molar-refractivity contribution in [2.75, 3.05) is 7.05 Å². The van der Waals surface area contributed by atoms with E-state index < -0.39 is 5.82 Å². The Morgan fingerprint density at radius 1 is 1.39 bits per heavy atom. The maximum atomic E-state index is 13.3. The van der Waals surface area contributed by atoms with Gasteiger partial charge in [-0.2, -0.15) is 0 Å². The number of halogens is 2. The van der Waals surface area contributed by atoms with E-state index in [4.69, 9.17) is 11.6 Å². The molecule has 18 heavy (non-hydrogen) atoms. The molecule has 4 nitrogen and oxygen atoms in total. The second-order valence-electron chi connectivity index (χ2n) is 4.11. The minimum atomic E-state index is -0.393. The standard InChI is InChI=1S/C12H14ClFN4/c1-7(15-3)12-8(2)18(17-16-12)11-5-9(13)4-10(14)6-11/h4-7,15H,1-3H3. The van der Waals surface area contributed by atoms with Crippen LogP contribution in [0.1, 0.15) is 24.4 Å².